The summed E-state index contributed by atoms with van der Waals surface area (Å²) in [5.41, 5.74) is 1.97. The van der Waals surface area contributed by atoms with Crippen LogP contribution in [0, 0.1) is 5.92 Å². The maximum Gasteiger partial charge on any atom is 0.335 e. The average molecular weight is 461 g/mol. The molecular weight excluding hydrogens is 434 g/mol. The number of aliphatic carboxylic acids is 1. The van der Waals surface area contributed by atoms with Crippen LogP contribution in [0.5, 0.6) is 11.5 Å². The Labute approximate surface area is 189 Å². The largest absolute Gasteiger partial charge is 0.493 e. The van der Waals surface area contributed by atoms with E-state index in [1.807, 2.05) is 12.1 Å². The van der Waals surface area contributed by atoms with Crippen molar-refractivity contribution in [1.29, 1.82) is 0 Å². The quantitative estimate of drug-likeness (QED) is 0.357. The number of methoxy groups -OCH3 is 1. The molecular formula is C23H27NO9. The first kappa shape index (κ1) is 21.3. The molecule has 1 aromatic carbocycles. The summed E-state index contributed by atoms with van der Waals surface area (Å²) >= 11 is 0. The highest BCUT2D eigenvalue weighted by atomic mass is 16.7. The minimum Gasteiger partial charge on any atom is -0.493 e. The summed E-state index contributed by atoms with van der Waals surface area (Å²) in [6, 6.07) is 4.24. The van der Waals surface area contributed by atoms with Gasteiger partial charge in [-0.25, -0.2) is 4.79 Å². The van der Waals surface area contributed by atoms with Gasteiger partial charge in [0.15, 0.2) is 23.9 Å². The Bertz CT molecular complexity index is 1010. The molecule has 0 radical (unpaired) electrons. The number of piperidine rings is 1. The van der Waals surface area contributed by atoms with Gasteiger partial charge >= 0.3 is 5.97 Å². The number of ether oxygens (including phenoxy) is 4. The van der Waals surface area contributed by atoms with Gasteiger partial charge in [-0.05, 0) is 31.0 Å². The lowest BCUT2D eigenvalue weighted by Crippen LogP contribution is -2.66. The van der Waals surface area contributed by atoms with E-state index < -0.39 is 48.9 Å². The molecule has 0 saturated carbocycles. The van der Waals surface area contributed by atoms with Gasteiger partial charge in [-0.3, -0.25) is 0 Å². The zero-order chi connectivity index (χ0) is 23.1. The molecule has 0 unspecified atom stereocenters. The van der Waals surface area contributed by atoms with Crippen LogP contribution in [-0.2, 0) is 26.1 Å². The Balaban J connectivity index is 1.38. The van der Waals surface area contributed by atoms with Gasteiger partial charge in [0.25, 0.3) is 0 Å². The molecule has 2 bridgehead atoms. The van der Waals surface area contributed by atoms with E-state index in [9.17, 15) is 25.2 Å². The SMILES string of the molecule is COc1ccc2c3c1O[C@H]1[C@@H](O[C@@H]4O[C@H](C(=O)O)[C@@H](O)[C@H](O)[C@H]4O)C=C[C@H]4[C@@H](C2)NCC[C@@]341. The molecule has 1 spiro atoms. The minimum absolute atomic E-state index is 0.174. The van der Waals surface area contributed by atoms with Crippen molar-refractivity contribution < 1.29 is 44.2 Å². The van der Waals surface area contributed by atoms with Crippen LogP contribution in [0.15, 0.2) is 24.3 Å². The molecule has 3 heterocycles. The topological polar surface area (TPSA) is 147 Å². The lowest BCUT2D eigenvalue weighted by Gasteiger charge is -2.54. The van der Waals surface area contributed by atoms with Crippen molar-refractivity contribution in [2.45, 2.75) is 67.2 Å². The van der Waals surface area contributed by atoms with Crippen molar-refractivity contribution in [1.82, 2.24) is 5.32 Å². The maximum absolute atomic E-state index is 11.5. The molecule has 5 N–H and O–H groups in total. The van der Waals surface area contributed by atoms with Gasteiger partial charge in [0.1, 0.15) is 30.5 Å². The van der Waals surface area contributed by atoms with Crippen LogP contribution in [0.2, 0.25) is 0 Å². The van der Waals surface area contributed by atoms with E-state index in [0.29, 0.717) is 11.5 Å². The number of aliphatic hydroxyl groups is 3. The lowest BCUT2D eigenvalue weighted by molar-refractivity contribution is -0.307. The molecule has 1 aromatic rings. The Morgan fingerprint density at radius 1 is 1.18 bits per heavy atom. The zero-order valence-corrected chi connectivity index (χ0v) is 18.0. The third-order valence-electron chi connectivity index (χ3n) is 7.97. The number of carboxylic acid groups (broad SMARTS) is 1. The second-order valence-electron chi connectivity index (χ2n) is 9.47. The first-order valence-corrected chi connectivity index (χ1v) is 11.2. The van der Waals surface area contributed by atoms with Gasteiger partial charge in [-0.15, -0.1) is 0 Å². The van der Waals surface area contributed by atoms with E-state index in [-0.39, 0.29) is 17.4 Å². The van der Waals surface area contributed by atoms with Crippen molar-refractivity contribution in [3.8, 4) is 11.5 Å². The first-order valence-electron chi connectivity index (χ1n) is 11.2. The summed E-state index contributed by atoms with van der Waals surface area (Å²) in [6.45, 7) is 0.812. The van der Waals surface area contributed by atoms with Crippen LogP contribution in [0.1, 0.15) is 17.5 Å². The van der Waals surface area contributed by atoms with Crippen molar-refractivity contribution in [2.24, 2.45) is 5.92 Å². The molecule has 10 heteroatoms. The number of aliphatic hydroxyl groups excluding tert-OH is 3. The lowest BCUT2D eigenvalue weighted by atomic mass is 9.53. The van der Waals surface area contributed by atoms with Crippen molar-refractivity contribution in [2.75, 3.05) is 13.7 Å². The van der Waals surface area contributed by atoms with E-state index in [4.69, 9.17) is 18.9 Å². The molecule has 2 fully saturated rings. The molecule has 33 heavy (non-hydrogen) atoms. The molecule has 0 amide bonds. The normalized spacial score (nSPS) is 44.7. The summed E-state index contributed by atoms with van der Waals surface area (Å²) in [5.74, 6) is 0.0673. The zero-order valence-electron chi connectivity index (χ0n) is 18.0. The second-order valence-corrected chi connectivity index (χ2v) is 9.47. The predicted molar refractivity (Wildman–Crippen MR) is 111 cm³/mol. The standard InChI is InChI=1S/C23H27NO9/c1-30-12-4-2-9-8-11-10-3-5-13(20-23(10,6-7-24-11)14(9)18(12)32-20)31-22-17(27)15(25)16(26)19(33-22)21(28)29/h2-5,10-11,13,15-17,19-20,22,24-27H,6-8H2,1H3,(H,28,29)/t10-,11+,13-,15-,16-,17+,19-,20-,22+,23-/m0/s1. The highest BCUT2D eigenvalue weighted by Gasteiger charge is 2.64. The molecule has 5 aliphatic rings. The van der Waals surface area contributed by atoms with Crippen LogP contribution in [0.25, 0.3) is 0 Å². The monoisotopic (exact) mass is 461 g/mol. The van der Waals surface area contributed by atoms with Crippen molar-refractivity contribution in [3.63, 3.8) is 0 Å². The summed E-state index contributed by atoms with van der Waals surface area (Å²) in [6.07, 6.45) is -3.79. The fourth-order valence-electron chi connectivity index (χ4n) is 6.55. The summed E-state index contributed by atoms with van der Waals surface area (Å²) in [7, 11) is 1.60. The van der Waals surface area contributed by atoms with E-state index in [2.05, 4.69) is 17.5 Å². The van der Waals surface area contributed by atoms with Gasteiger partial charge in [0.2, 0.25) is 0 Å². The van der Waals surface area contributed by atoms with Gasteiger partial charge < -0.3 is 44.7 Å². The van der Waals surface area contributed by atoms with Crippen molar-refractivity contribution >= 4 is 5.97 Å². The predicted octanol–water partition coefficient (Wildman–Crippen LogP) is -0.925. The average Bonchev–Trinajstić information content (AvgIpc) is 3.14. The molecule has 0 aromatic heterocycles. The molecule has 2 saturated heterocycles. The Kier molecular flexibility index (Phi) is 4.78. The summed E-state index contributed by atoms with van der Waals surface area (Å²) in [4.78, 5) is 11.5. The molecule has 3 aliphatic heterocycles. The molecule has 2 aliphatic carbocycles. The molecule has 6 rings (SSSR count). The van der Waals surface area contributed by atoms with Gasteiger partial charge in [-0.2, -0.15) is 0 Å². The third kappa shape index (κ3) is 2.79. The second kappa shape index (κ2) is 7.39. The van der Waals surface area contributed by atoms with Gasteiger partial charge in [-0.1, -0.05) is 18.2 Å². The van der Waals surface area contributed by atoms with E-state index in [1.165, 1.54) is 5.56 Å². The van der Waals surface area contributed by atoms with E-state index in [1.54, 1.807) is 7.11 Å². The summed E-state index contributed by atoms with van der Waals surface area (Å²) in [5, 5.41) is 43.6. The van der Waals surface area contributed by atoms with Crippen LogP contribution < -0.4 is 14.8 Å². The van der Waals surface area contributed by atoms with Crippen LogP contribution >= 0.6 is 0 Å². The van der Waals surface area contributed by atoms with E-state index >= 15 is 0 Å². The molecule has 178 valence electrons. The number of rotatable bonds is 4. The number of carbonyl (C=O) groups is 1. The van der Waals surface area contributed by atoms with Gasteiger partial charge in [0.05, 0.1) is 7.11 Å². The fraction of sp³-hybridized carbons (Fsp3) is 0.609. The Hall–Kier alpha value is -2.21. The van der Waals surface area contributed by atoms with Crippen LogP contribution in [-0.4, -0.2) is 89.0 Å². The number of hydrogen-bond donors (Lipinski definition) is 5. The minimum atomic E-state index is -1.77. The van der Waals surface area contributed by atoms with Crippen LogP contribution in [0.4, 0.5) is 0 Å². The highest BCUT2D eigenvalue weighted by Crippen LogP contribution is 2.61. The van der Waals surface area contributed by atoms with Crippen molar-refractivity contribution in [3.05, 3.63) is 35.4 Å². The van der Waals surface area contributed by atoms with E-state index in [0.717, 1.165) is 24.9 Å². The maximum atomic E-state index is 11.5. The molecule has 10 atom stereocenters. The third-order valence-corrected chi connectivity index (χ3v) is 7.97. The smallest absolute Gasteiger partial charge is 0.335 e. The fourth-order valence-corrected chi connectivity index (χ4v) is 6.55. The first-order chi connectivity index (χ1) is 15.9. The summed E-state index contributed by atoms with van der Waals surface area (Å²) < 4.78 is 23.6. The number of nitrogens with one attached hydrogen (secondary N) is 1. The Morgan fingerprint density at radius 2 is 2.00 bits per heavy atom. The Morgan fingerprint density at radius 3 is 2.76 bits per heavy atom. The molecule has 10 nitrogen and oxygen atoms in total. The highest BCUT2D eigenvalue weighted by molar-refractivity contribution is 5.73. The number of hydrogen-bond acceptors (Lipinski definition) is 9. The van der Waals surface area contributed by atoms with Gasteiger partial charge in [0, 0.05) is 22.9 Å². The number of carboxylic acids is 1. The van der Waals surface area contributed by atoms with Crippen LogP contribution in [0.3, 0.4) is 0 Å². The number of benzene rings is 1.